The molecule has 1 aromatic heterocycles. The fourth-order valence-corrected chi connectivity index (χ4v) is 10.2. The first-order chi connectivity index (χ1) is 37.0. The van der Waals surface area contributed by atoms with Crippen molar-refractivity contribution in [2.24, 2.45) is 27.9 Å². The fourth-order valence-electron chi connectivity index (χ4n) is 10.2. The lowest BCUT2D eigenvalue weighted by atomic mass is 10.0. The second-order valence-corrected chi connectivity index (χ2v) is 19.7. The number of hydrogen-bond acceptors (Lipinski definition) is 13. The molecular weight excluding hydrogens is 997 g/mol. The highest BCUT2D eigenvalue weighted by atomic mass is 16.4. The van der Waals surface area contributed by atoms with E-state index in [-0.39, 0.29) is 69.5 Å². The summed E-state index contributed by atoms with van der Waals surface area (Å²) in [6, 6.07) is 6.75. The summed E-state index contributed by atoms with van der Waals surface area (Å²) in [5, 5.41) is 34.3. The molecule has 0 bridgehead atoms. The van der Waals surface area contributed by atoms with Gasteiger partial charge in [-0.3, -0.25) is 43.3 Å². The summed E-state index contributed by atoms with van der Waals surface area (Å²) >= 11 is 0. The van der Waals surface area contributed by atoms with Gasteiger partial charge in [-0.25, -0.2) is 4.79 Å². The number of hydrogen-bond donors (Lipinski definition) is 12. The van der Waals surface area contributed by atoms with Crippen molar-refractivity contribution in [3.05, 3.63) is 71.9 Å². The van der Waals surface area contributed by atoms with Crippen molar-refractivity contribution in [2.75, 3.05) is 45.9 Å². The van der Waals surface area contributed by atoms with Crippen LogP contribution in [0.5, 0.6) is 0 Å². The minimum Gasteiger partial charge on any atom is -0.480 e. The Balaban J connectivity index is 1.11. The van der Waals surface area contributed by atoms with E-state index in [2.05, 4.69) is 36.6 Å². The summed E-state index contributed by atoms with van der Waals surface area (Å²) in [7, 11) is 0. The summed E-state index contributed by atoms with van der Waals surface area (Å²) in [5.74, 6) is -6.74. The molecule has 2 aromatic carbocycles. The molecular formula is C52H74N14O11. The number of aromatic amines is 1. The number of H-pyrrole nitrogens is 1. The predicted molar refractivity (Wildman–Crippen MR) is 283 cm³/mol. The molecule has 0 unspecified atom stereocenters. The van der Waals surface area contributed by atoms with Crippen LogP contribution < -0.4 is 49.5 Å². The van der Waals surface area contributed by atoms with E-state index in [1.165, 1.54) is 14.7 Å². The second kappa shape index (κ2) is 28.5. The Kier molecular flexibility index (Phi) is 21.7. The average Bonchev–Trinajstić information content (AvgIpc) is 4.28. The Hall–Kier alpha value is -7.64. The fraction of sp³-hybridized carbons (Fsp3) is 0.538. The highest BCUT2D eigenvalue weighted by molar-refractivity contribution is 5.98. The van der Waals surface area contributed by atoms with Gasteiger partial charge in [-0.05, 0) is 87.9 Å². The zero-order chi connectivity index (χ0) is 55.6. The van der Waals surface area contributed by atoms with Crippen molar-refractivity contribution < 1.29 is 53.4 Å². The number of amides is 8. The van der Waals surface area contributed by atoms with Crippen LogP contribution in [0.15, 0.2) is 65.8 Å². The zero-order valence-corrected chi connectivity index (χ0v) is 43.2. The molecule has 6 rings (SSSR count). The number of aliphatic carboxylic acids is 1. The largest absolute Gasteiger partial charge is 0.480 e. The number of nitrogens with one attached hydrogen (secondary N) is 6. The summed E-state index contributed by atoms with van der Waals surface area (Å²) in [6.45, 7) is -0.202. The van der Waals surface area contributed by atoms with Crippen molar-refractivity contribution in [3.8, 4) is 0 Å². The van der Waals surface area contributed by atoms with E-state index in [1.807, 2.05) is 18.2 Å². The number of benzene rings is 2. The summed E-state index contributed by atoms with van der Waals surface area (Å²) in [6.07, 6.45) is 5.93. The average molecular weight is 1070 g/mol. The predicted octanol–water partition coefficient (Wildman–Crippen LogP) is -2.43. The third-order valence-corrected chi connectivity index (χ3v) is 14.2. The molecule has 3 aliphatic rings. The maximum absolute atomic E-state index is 14.3. The van der Waals surface area contributed by atoms with E-state index >= 15 is 0 Å². The lowest BCUT2D eigenvalue weighted by molar-refractivity contribution is -0.147. The number of aliphatic hydroxyl groups is 1. The van der Waals surface area contributed by atoms with E-state index in [0.29, 0.717) is 69.2 Å². The van der Waals surface area contributed by atoms with Crippen molar-refractivity contribution in [1.29, 1.82) is 0 Å². The number of carbonyl (C=O) groups is 9. The number of nitrogens with zero attached hydrogens (tertiary/aromatic N) is 4. The lowest BCUT2D eigenvalue weighted by Crippen LogP contribution is -2.60. The molecule has 25 heteroatoms. The Morgan fingerprint density at radius 1 is 0.675 bits per heavy atom. The normalized spacial score (nSPS) is 19.1. The molecule has 3 fully saturated rings. The van der Waals surface area contributed by atoms with Gasteiger partial charge < -0.3 is 79.4 Å². The Labute approximate surface area is 446 Å². The van der Waals surface area contributed by atoms with Gasteiger partial charge in [0.05, 0.1) is 19.2 Å². The third-order valence-electron chi connectivity index (χ3n) is 14.2. The van der Waals surface area contributed by atoms with Crippen molar-refractivity contribution >= 4 is 70.1 Å². The van der Waals surface area contributed by atoms with Crippen LogP contribution in [0.4, 0.5) is 0 Å². The highest BCUT2D eigenvalue weighted by Gasteiger charge is 2.44. The molecule has 3 saturated heterocycles. The van der Waals surface area contributed by atoms with Gasteiger partial charge in [0, 0.05) is 56.1 Å². The number of rotatable bonds is 27. The molecule has 0 radical (unpaired) electrons. The summed E-state index contributed by atoms with van der Waals surface area (Å²) in [4.78, 5) is 134. The number of carboxylic acids is 1. The SMILES string of the molecule is NCCCC[C@H](N)C(=O)N1CCC[C@H]1C(=O)N1CCC[C@H]1C(=O)NCC(=O)N[C@@H](Cc1c[nH]c2ccccc12)C(=O)N[C@@H](CO)C(=O)N1CCC[C@H]1C(=O)N[C@@H](Cc1ccccc1)C(=O)N[C@@H](CCCN=C(N)N)C(=O)O. The number of para-hydroxylation sites is 1. The molecule has 16 N–H and O–H groups in total. The van der Waals surface area contributed by atoms with Crippen molar-refractivity contribution in [2.45, 2.75) is 132 Å². The number of nitrogens with two attached hydrogens (primary N) is 4. The number of guanidine groups is 1. The third kappa shape index (κ3) is 16.0. The number of aliphatic hydroxyl groups excluding tert-OH is 1. The van der Waals surface area contributed by atoms with Crippen LogP contribution in [-0.4, -0.2) is 183 Å². The lowest BCUT2D eigenvalue weighted by Gasteiger charge is -2.32. The van der Waals surface area contributed by atoms with Crippen molar-refractivity contribution in [3.63, 3.8) is 0 Å². The van der Waals surface area contributed by atoms with Crippen LogP contribution in [-0.2, 0) is 56.0 Å². The van der Waals surface area contributed by atoms with Crippen LogP contribution >= 0.6 is 0 Å². The van der Waals surface area contributed by atoms with E-state index in [0.717, 1.165) is 17.3 Å². The van der Waals surface area contributed by atoms with Gasteiger partial charge in [0.25, 0.3) is 0 Å². The number of carbonyl (C=O) groups excluding carboxylic acids is 8. The van der Waals surface area contributed by atoms with Crippen LogP contribution in [0, 0.1) is 0 Å². The first-order valence-electron chi connectivity index (χ1n) is 26.3. The first-order valence-corrected chi connectivity index (χ1v) is 26.3. The summed E-state index contributed by atoms with van der Waals surface area (Å²) in [5.41, 5.74) is 24.6. The van der Waals surface area contributed by atoms with Crippen LogP contribution in [0.25, 0.3) is 10.9 Å². The number of likely N-dealkylation sites (tertiary alicyclic amines) is 3. The minimum absolute atomic E-state index is 0.0203. The molecule has 4 heterocycles. The number of unbranched alkanes of at least 4 members (excludes halogenated alkanes) is 1. The molecule has 0 aliphatic carbocycles. The Morgan fingerprint density at radius 2 is 1.29 bits per heavy atom. The van der Waals surface area contributed by atoms with E-state index in [4.69, 9.17) is 22.9 Å². The molecule has 0 spiro atoms. The molecule has 3 aromatic rings. The minimum atomic E-state index is -1.60. The maximum Gasteiger partial charge on any atom is 0.326 e. The van der Waals surface area contributed by atoms with Gasteiger partial charge in [-0.15, -0.1) is 0 Å². The molecule has 77 heavy (non-hydrogen) atoms. The highest BCUT2D eigenvalue weighted by Crippen LogP contribution is 2.27. The number of aliphatic imine (C=N–C) groups is 1. The van der Waals surface area contributed by atoms with Crippen LogP contribution in [0.3, 0.4) is 0 Å². The number of aromatic nitrogens is 1. The smallest absolute Gasteiger partial charge is 0.326 e. The molecule has 3 aliphatic heterocycles. The van der Waals surface area contributed by atoms with Gasteiger partial charge in [-0.1, -0.05) is 55.0 Å². The van der Waals surface area contributed by atoms with Gasteiger partial charge in [0.2, 0.25) is 47.3 Å². The Morgan fingerprint density at radius 3 is 1.95 bits per heavy atom. The van der Waals surface area contributed by atoms with Crippen molar-refractivity contribution in [1.82, 2.24) is 46.3 Å². The van der Waals surface area contributed by atoms with Crippen LogP contribution in [0.1, 0.15) is 81.8 Å². The zero-order valence-electron chi connectivity index (χ0n) is 43.2. The van der Waals surface area contributed by atoms with E-state index in [9.17, 15) is 53.4 Å². The molecule has 418 valence electrons. The molecule has 25 nitrogen and oxygen atoms in total. The van der Waals surface area contributed by atoms with E-state index in [1.54, 1.807) is 42.6 Å². The first kappa shape index (κ1) is 58.6. The van der Waals surface area contributed by atoms with Gasteiger partial charge >= 0.3 is 5.97 Å². The molecule has 8 amide bonds. The molecule has 8 atom stereocenters. The maximum atomic E-state index is 14.3. The van der Waals surface area contributed by atoms with Gasteiger partial charge in [0.1, 0.15) is 42.3 Å². The standard InChI is InChI=1S/C52H74N14O11/c53-21-7-6-15-34(54)48(73)66-25-11-20-42(66)50(75)65-24-9-18-40(65)46(71)59-29-43(68)60-38(27-32-28-58-35-16-5-4-14-33(32)35)45(70)63-39(30-67)49(74)64-23-10-19-41(64)47(72)62-37(26-31-12-2-1-3-13-31)44(69)61-36(51(76)77)17-8-22-57-52(55)56/h1-5,12-14,16,28,34,36-42,58,67H,6-11,15,17-27,29-30,53-54H2,(H,59,71)(H,60,68)(H,61,69)(H,62,72)(H,63,70)(H,76,77)(H4,55,56,57)/t34-,36-,37-,38-,39-,40-,41-,42-/m0/s1. The van der Waals surface area contributed by atoms with Gasteiger partial charge in [-0.2, -0.15) is 0 Å². The number of fused-ring (bicyclic) bond motifs is 1. The monoisotopic (exact) mass is 1070 g/mol. The van der Waals surface area contributed by atoms with Crippen LogP contribution in [0.2, 0.25) is 0 Å². The number of carboxylic acid groups (broad SMARTS) is 1. The topological polar surface area (TPSA) is 396 Å². The summed E-state index contributed by atoms with van der Waals surface area (Å²) < 4.78 is 0. The second-order valence-electron chi connectivity index (χ2n) is 19.7. The molecule has 0 saturated carbocycles. The quantitative estimate of drug-likeness (QED) is 0.0215. The van der Waals surface area contributed by atoms with E-state index < -0.39 is 103 Å². The van der Waals surface area contributed by atoms with Gasteiger partial charge in [0.15, 0.2) is 5.96 Å². The Bertz CT molecular complexity index is 2590.